The highest BCUT2D eigenvalue weighted by Crippen LogP contribution is 2.27. The average Bonchev–Trinajstić information content (AvgIpc) is 3.11. The van der Waals surface area contributed by atoms with Gasteiger partial charge in [0.25, 0.3) is 0 Å². The zero-order chi connectivity index (χ0) is 19.7. The molecule has 0 radical (unpaired) electrons. The summed E-state index contributed by atoms with van der Waals surface area (Å²) in [6.07, 6.45) is 1.97. The van der Waals surface area contributed by atoms with E-state index in [1.54, 1.807) is 35.4 Å². The summed E-state index contributed by atoms with van der Waals surface area (Å²) < 4.78 is 20.2. The minimum Gasteiger partial charge on any atom is -0.481 e. The van der Waals surface area contributed by atoms with Gasteiger partial charge in [-0.1, -0.05) is 23.7 Å². The van der Waals surface area contributed by atoms with E-state index in [-0.39, 0.29) is 23.3 Å². The molecule has 0 bridgehead atoms. The number of nitrogens with zero attached hydrogens (tertiary/aromatic N) is 4. The molecule has 3 heterocycles. The lowest BCUT2D eigenvalue weighted by Crippen LogP contribution is -2.39. The molecule has 28 heavy (non-hydrogen) atoms. The molecule has 0 spiro atoms. The van der Waals surface area contributed by atoms with E-state index in [1.807, 2.05) is 4.68 Å². The Balaban J connectivity index is 1.53. The Morgan fingerprint density at radius 3 is 2.79 bits per heavy atom. The molecule has 0 atom stereocenters. The topological polar surface area (TPSA) is 60.2 Å². The molecular weight excluding hydrogens is 383 g/mol. The van der Waals surface area contributed by atoms with Crippen LogP contribution in [0.5, 0.6) is 5.88 Å². The maximum absolute atomic E-state index is 13.2. The number of fused-ring (bicyclic) bond motifs is 1. The fourth-order valence-corrected chi connectivity index (χ4v) is 3.57. The first-order valence-corrected chi connectivity index (χ1v) is 9.20. The van der Waals surface area contributed by atoms with Crippen LogP contribution >= 0.6 is 11.6 Å². The second kappa shape index (κ2) is 7.59. The van der Waals surface area contributed by atoms with Crippen LogP contribution < -0.4 is 4.74 Å². The Hall–Kier alpha value is -2.93. The van der Waals surface area contributed by atoms with Crippen LogP contribution in [0.3, 0.4) is 0 Å². The number of carbonyl (C=O) groups excluding carboxylic acids is 1. The molecule has 1 aromatic carbocycles. The number of benzene rings is 1. The molecule has 8 heteroatoms. The van der Waals surface area contributed by atoms with Crippen molar-refractivity contribution in [2.75, 3.05) is 13.7 Å². The largest absolute Gasteiger partial charge is 0.481 e. The van der Waals surface area contributed by atoms with Crippen LogP contribution in [-0.2, 0) is 24.3 Å². The molecule has 0 fully saturated rings. The van der Waals surface area contributed by atoms with Crippen molar-refractivity contribution >= 4 is 17.5 Å². The van der Waals surface area contributed by atoms with Gasteiger partial charge in [-0.05, 0) is 29.3 Å². The van der Waals surface area contributed by atoms with Crippen molar-refractivity contribution in [3.8, 4) is 17.0 Å². The van der Waals surface area contributed by atoms with Crippen molar-refractivity contribution in [3.63, 3.8) is 0 Å². The van der Waals surface area contributed by atoms with Crippen LogP contribution in [0, 0.1) is 5.82 Å². The lowest BCUT2D eigenvalue weighted by atomic mass is 10.0. The number of carbonyl (C=O) groups is 1. The van der Waals surface area contributed by atoms with Gasteiger partial charge in [-0.25, -0.2) is 9.37 Å². The molecule has 1 aliphatic rings. The Morgan fingerprint density at radius 2 is 2.04 bits per heavy atom. The SMILES string of the molecule is COc1cc(CC(=O)N2CCn3ncc(-c4ccc(F)cc4)c3C2)cc(Cl)n1. The Kier molecular flexibility index (Phi) is 5.00. The van der Waals surface area contributed by atoms with Crippen molar-refractivity contribution in [2.45, 2.75) is 19.5 Å². The number of hydrogen-bond acceptors (Lipinski definition) is 4. The predicted octanol–water partition coefficient (Wildman–Crippen LogP) is 3.33. The third-order valence-electron chi connectivity index (χ3n) is 4.77. The Morgan fingerprint density at radius 1 is 1.25 bits per heavy atom. The summed E-state index contributed by atoms with van der Waals surface area (Å²) in [4.78, 5) is 18.7. The normalized spacial score (nSPS) is 13.3. The summed E-state index contributed by atoms with van der Waals surface area (Å²) in [7, 11) is 1.51. The highest BCUT2D eigenvalue weighted by Gasteiger charge is 2.24. The molecule has 2 aromatic heterocycles. The van der Waals surface area contributed by atoms with Gasteiger partial charge in [0.05, 0.1) is 38.5 Å². The molecule has 1 aliphatic heterocycles. The summed E-state index contributed by atoms with van der Waals surface area (Å²) >= 11 is 6.00. The summed E-state index contributed by atoms with van der Waals surface area (Å²) in [6, 6.07) is 9.66. The Labute approximate surface area is 166 Å². The van der Waals surface area contributed by atoms with Gasteiger partial charge >= 0.3 is 0 Å². The quantitative estimate of drug-likeness (QED) is 0.630. The molecule has 0 saturated carbocycles. The van der Waals surface area contributed by atoms with Gasteiger partial charge in [0.15, 0.2) is 0 Å². The number of amides is 1. The molecule has 3 aromatic rings. The third kappa shape index (κ3) is 3.71. The summed E-state index contributed by atoms with van der Waals surface area (Å²) in [5, 5.41) is 4.70. The zero-order valence-electron chi connectivity index (χ0n) is 15.2. The molecule has 0 saturated heterocycles. The summed E-state index contributed by atoms with van der Waals surface area (Å²) in [6.45, 7) is 1.64. The fraction of sp³-hybridized carbons (Fsp3) is 0.250. The van der Waals surface area contributed by atoms with Crippen LogP contribution in [0.1, 0.15) is 11.3 Å². The predicted molar refractivity (Wildman–Crippen MR) is 103 cm³/mol. The van der Waals surface area contributed by atoms with Crippen molar-refractivity contribution < 1.29 is 13.9 Å². The van der Waals surface area contributed by atoms with E-state index in [0.29, 0.717) is 25.5 Å². The van der Waals surface area contributed by atoms with Crippen molar-refractivity contribution in [1.82, 2.24) is 19.7 Å². The van der Waals surface area contributed by atoms with Crippen LogP contribution in [-0.4, -0.2) is 39.2 Å². The fourth-order valence-electron chi connectivity index (χ4n) is 3.35. The van der Waals surface area contributed by atoms with E-state index < -0.39 is 0 Å². The lowest BCUT2D eigenvalue weighted by molar-refractivity contribution is -0.131. The molecule has 4 rings (SSSR count). The number of methoxy groups -OCH3 is 1. The first kappa shape index (κ1) is 18.4. The zero-order valence-corrected chi connectivity index (χ0v) is 16.0. The average molecular weight is 401 g/mol. The van der Waals surface area contributed by atoms with E-state index >= 15 is 0 Å². The number of halogens is 2. The number of ether oxygens (including phenoxy) is 1. The van der Waals surface area contributed by atoms with Crippen LogP contribution in [0.4, 0.5) is 4.39 Å². The van der Waals surface area contributed by atoms with E-state index in [0.717, 1.165) is 22.4 Å². The first-order chi connectivity index (χ1) is 13.5. The van der Waals surface area contributed by atoms with E-state index in [4.69, 9.17) is 16.3 Å². The molecule has 0 aliphatic carbocycles. The summed E-state index contributed by atoms with van der Waals surface area (Å²) in [5.41, 5.74) is 3.48. The van der Waals surface area contributed by atoms with Crippen molar-refractivity contribution in [2.24, 2.45) is 0 Å². The minimum absolute atomic E-state index is 0.0122. The second-order valence-corrected chi connectivity index (χ2v) is 6.95. The molecule has 6 nitrogen and oxygen atoms in total. The first-order valence-electron chi connectivity index (χ1n) is 8.82. The molecule has 1 amide bonds. The monoisotopic (exact) mass is 400 g/mol. The minimum atomic E-state index is -0.284. The van der Waals surface area contributed by atoms with Crippen LogP contribution in [0.2, 0.25) is 5.15 Å². The smallest absolute Gasteiger partial charge is 0.227 e. The third-order valence-corrected chi connectivity index (χ3v) is 4.97. The number of aromatic nitrogens is 3. The van der Waals surface area contributed by atoms with Gasteiger partial charge in [-0.15, -0.1) is 0 Å². The highest BCUT2D eigenvalue weighted by atomic mass is 35.5. The maximum atomic E-state index is 13.2. The van der Waals surface area contributed by atoms with Gasteiger partial charge in [-0.3, -0.25) is 9.48 Å². The summed E-state index contributed by atoms with van der Waals surface area (Å²) in [5.74, 6) is 0.0838. The number of hydrogen-bond donors (Lipinski definition) is 0. The highest BCUT2D eigenvalue weighted by molar-refractivity contribution is 6.29. The van der Waals surface area contributed by atoms with E-state index in [1.165, 1.54) is 19.2 Å². The van der Waals surface area contributed by atoms with Gasteiger partial charge < -0.3 is 9.64 Å². The maximum Gasteiger partial charge on any atom is 0.227 e. The van der Waals surface area contributed by atoms with Crippen LogP contribution in [0.25, 0.3) is 11.1 Å². The number of pyridine rings is 1. The second-order valence-electron chi connectivity index (χ2n) is 6.57. The standard InChI is InChI=1S/C20H18ClFN4O2/c1-28-19-9-13(8-18(21)24-19)10-20(27)25-6-7-26-17(12-25)16(11-23-26)14-2-4-15(22)5-3-14/h2-5,8-9,11H,6-7,10,12H2,1H3. The van der Waals surface area contributed by atoms with Gasteiger partial charge in [0, 0.05) is 18.2 Å². The molecule has 0 unspecified atom stereocenters. The molecule has 144 valence electrons. The van der Waals surface area contributed by atoms with Crippen molar-refractivity contribution in [3.05, 3.63) is 64.8 Å². The van der Waals surface area contributed by atoms with Gasteiger partial charge in [0.2, 0.25) is 11.8 Å². The lowest BCUT2D eigenvalue weighted by Gasteiger charge is -2.28. The van der Waals surface area contributed by atoms with Gasteiger partial charge in [-0.2, -0.15) is 5.10 Å². The molecular formula is C20H18ClFN4O2. The Bertz CT molecular complexity index is 1020. The van der Waals surface area contributed by atoms with Crippen molar-refractivity contribution in [1.29, 1.82) is 0 Å². The van der Waals surface area contributed by atoms with Crippen LogP contribution in [0.15, 0.2) is 42.6 Å². The van der Waals surface area contributed by atoms with E-state index in [2.05, 4.69) is 10.1 Å². The van der Waals surface area contributed by atoms with E-state index in [9.17, 15) is 9.18 Å². The van der Waals surface area contributed by atoms with Gasteiger partial charge in [0.1, 0.15) is 11.0 Å². The number of rotatable bonds is 4. The molecule has 0 N–H and O–H groups in total.